The highest BCUT2D eigenvalue weighted by Gasteiger charge is 2.24. The Labute approximate surface area is 86.0 Å². The summed E-state index contributed by atoms with van der Waals surface area (Å²) in [5.41, 5.74) is 2.68. The molecular weight excluding hydrogens is 192 g/mol. The molecule has 0 amide bonds. The third-order valence-electron chi connectivity index (χ3n) is 2.40. The molecule has 1 aliphatic carbocycles. The highest BCUT2D eigenvalue weighted by Crippen LogP contribution is 2.26. The maximum absolute atomic E-state index is 5.33. The van der Waals surface area contributed by atoms with Crippen molar-refractivity contribution in [2.24, 2.45) is 0 Å². The molecule has 1 radical (unpaired) electrons. The first-order chi connectivity index (χ1) is 6.85. The summed E-state index contributed by atoms with van der Waals surface area (Å²) in [5.74, 6) is 0. The Bertz CT molecular complexity index is 356. The molecule has 0 heterocycles. The molecule has 0 atom stereocenters. The van der Waals surface area contributed by atoms with Crippen molar-refractivity contribution in [3.8, 4) is 0 Å². The van der Waals surface area contributed by atoms with Crippen molar-refractivity contribution in [3.63, 3.8) is 0 Å². The normalized spacial score (nSPS) is 14.4. The summed E-state index contributed by atoms with van der Waals surface area (Å²) in [7, 11) is 2.21. The number of benzene rings is 1. The lowest BCUT2D eigenvalue weighted by atomic mass is 10.1. The van der Waals surface area contributed by atoms with Gasteiger partial charge in [0.25, 0.3) is 0 Å². The SMILES string of the molecule is CO[Si](OC)C1=Cc2ccccc2C1. The predicted octanol–water partition coefficient (Wildman–Crippen LogP) is 1.95. The van der Waals surface area contributed by atoms with Crippen molar-refractivity contribution < 1.29 is 8.85 Å². The van der Waals surface area contributed by atoms with E-state index in [0.717, 1.165) is 6.42 Å². The molecule has 0 N–H and O–H groups in total. The van der Waals surface area contributed by atoms with E-state index in [1.54, 1.807) is 14.2 Å². The maximum atomic E-state index is 5.33. The van der Waals surface area contributed by atoms with E-state index in [1.807, 2.05) is 0 Å². The van der Waals surface area contributed by atoms with Crippen LogP contribution in [0, 0.1) is 0 Å². The Morgan fingerprint density at radius 2 is 1.86 bits per heavy atom. The van der Waals surface area contributed by atoms with Crippen molar-refractivity contribution in [3.05, 3.63) is 40.6 Å². The number of fused-ring (bicyclic) bond motifs is 1. The van der Waals surface area contributed by atoms with Gasteiger partial charge in [0.15, 0.2) is 0 Å². The van der Waals surface area contributed by atoms with Crippen molar-refractivity contribution in [1.29, 1.82) is 0 Å². The zero-order valence-electron chi connectivity index (χ0n) is 8.41. The van der Waals surface area contributed by atoms with Gasteiger partial charge in [0.1, 0.15) is 0 Å². The first kappa shape index (κ1) is 9.64. The number of rotatable bonds is 3. The average molecular weight is 205 g/mol. The quantitative estimate of drug-likeness (QED) is 0.702. The Morgan fingerprint density at radius 3 is 2.50 bits per heavy atom. The van der Waals surface area contributed by atoms with Gasteiger partial charge in [-0.15, -0.1) is 0 Å². The molecule has 1 aromatic rings. The average Bonchev–Trinajstić information content (AvgIpc) is 2.63. The summed E-state index contributed by atoms with van der Waals surface area (Å²) >= 11 is 0. The van der Waals surface area contributed by atoms with E-state index >= 15 is 0 Å². The summed E-state index contributed by atoms with van der Waals surface area (Å²) in [4.78, 5) is 0. The van der Waals surface area contributed by atoms with Gasteiger partial charge in [-0.2, -0.15) is 0 Å². The molecule has 0 spiro atoms. The Morgan fingerprint density at radius 1 is 1.14 bits per heavy atom. The van der Waals surface area contributed by atoms with E-state index < -0.39 is 9.28 Å². The summed E-state index contributed by atoms with van der Waals surface area (Å²) in [6, 6.07) is 8.42. The van der Waals surface area contributed by atoms with Crippen LogP contribution in [0.4, 0.5) is 0 Å². The van der Waals surface area contributed by atoms with Gasteiger partial charge in [-0.3, -0.25) is 0 Å². The number of hydrogen-bond acceptors (Lipinski definition) is 2. The molecule has 0 unspecified atom stereocenters. The van der Waals surface area contributed by atoms with E-state index in [4.69, 9.17) is 8.85 Å². The largest absolute Gasteiger partial charge is 0.419 e. The van der Waals surface area contributed by atoms with Crippen LogP contribution < -0.4 is 0 Å². The van der Waals surface area contributed by atoms with Gasteiger partial charge in [-0.25, -0.2) is 0 Å². The maximum Gasteiger partial charge on any atom is 0.419 e. The van der Waals surface area contributed by atoms with E-state index in [9.17, 15) is 0 Å². The summed E-state index contributed by atoms with van der Waals surface area (Å²) < 4.78 is 10.7. The molecule has 0 fully saturated rings. The van der Waals surface area contributed by atoms with Gasteiger partial charge < -0.3 is 8.85 Å². The minimum absolute atomic E-state index is 0.978. The topological polar surface area (TPSA) is 18.5 Å². The summed E-state index contributed by atoms with van der Waals surface area (Å²) in [6.07, 6.45) is 3.17. The molecule has 14 heavy (non-hydrogen) atoms. The second-order valence-corrected chi connectivity index (χ2v) is 5.27. The first-order valence-electron chi connectivity index (χ1n) is 4.59. The van der Waals surface area contributed by atoms with Crippen molar-refractivity contribution >= 4 is 15.4 Å². The van der Waals surface area contributed by atoms with Crippen LogP contribution in [0.3, 0.4) is 0 Å². The van der Waals surface area contributed by atoms with Gasteiger partial charge >= 0.3 is 9.28 Å². The standard InChI is InChI=1S/C11H13O2Si/c1-12-14(13-2)11-7-9-5-3-4-6-10(9)8-11/h3-7H,8H2,1-2H3. The molecule has 0 aromatic heterocycles. The van der Waals surface area contributed by atoms with Crippen LogP contribution in [-0.4, -0.2) is 23.5 Å². The van der Waals surface area contributed by atoms with Crippen LogP contribution in [-0.2, 0) is 15.3 Å². The number of hydrogen-bond donors (Lipinski definition) is 0. The van der Waals surface area contributed by atoms with Gasteiger partial charge in [0, 0.05) is 14.2 Å². The predicted molar refractivity (Wildman–Crippen MR) is 57.9 cm³/mol. The molecule has 2 nitrogen and oxygen atoms in total. The molecule has 0 saturated carbocycles. The summed E-state index contributed by atoms with van der Waals surface area (Å²) in [5, 5.41) is 1.29. The van der Waals surface area contributed by atoms with Gasteiger partial charge in [0.2, 0.25) is 0 Å². The molecule has 0 aliphatic heterocycles. The third-order valence-corrected chi connectivity index (χ3v) is 3.99. The third kappa shape index (κ3) is 1.66. The van der Waals surface area contributed by atoms with E-state index in [1.165, 1.54) is 16.3 Å². The van der Waals surface area contributed by atoms with Crippen LogP contribution in [0.5, 0.6) is 0 Å². The highest BCUT2D eigenvalue weighted by molar-refractivity contribution is 6.55. The Kier molecular flexibility index (Phi) is 2.81. The fraction of sp³-hybridized carbons (Fsp3) is 0.273. The fourth-order valence-corrected chi connectivity index (χ4v) is 3.06. The fourth-order valence-electron chi connectivity index (χ4n) is 1.76. The molecule has 2 rings (SSSR count). The lowest BCUT2D eigenvalue weighted by Crippen LogP contribution is -2.22. The second kappa shape index (κ2) is 4.08. The molecule has 1 aliphatic rings. The van der Waals surface area contributed by atoms with Crippen LogP contribution in [0.15, 0.2) is 29.5 Å². The van der Waals surface area contributed by atoms with Crippen molar-refractivity contribution in [2.75, 3.05) is 14.2 Å². The number of allylic oxidation sites excluding steroid dienone is 1. The monoisotopic (exact) mass is 205 g/mol. The molecule has 3 heteroatoms. The van der Waals surface area contributed by atoms with Crippen LogP contribution in [0.2, 0.25) is 0 Å². The van der Waals surface area contributed by atoms with E-state index in [2.05, 4.69) is 30.3 Å². The van der Waals surface area contributed by atoms with Crippen LogP contribution in [0.1, 0.15) is 11.1 Å². The molecular formula is C11H13O2Si. The first-order valence-corrected chi connectivity index (χ1v) is 5.90. The van der Waals surface area contributed by atoms with Crippen molar-refractivity contribution in [1.82, 2.24) is 0 Å². The van der Waals surface area contributed by atoms with Crippen LogP contribution in [0.25, 0.3) is 6.08 Å². The molecule has 1 aromatic carbocycles. The zero-order chi connectivity index (χ0) is 9.97. The molecule has 73 valence electrons. The van der Waals surface area contributed by atoms with Crippen molar-refractivity contribution in [2.45, 2.75) is 6.42 Å². The van der Waals surface area contributed by atoms with Crippen LogP contribution >= 0.6 is 0 Å². The second-order valence-electron chi connectivity index (χ2n) is 3.24. The minimum atomic E-state index is -1.21. The molecule has 0 bridgehead atoms. The Hall–Kier alpha value is -0.903. The van der Waals surface area contributed by atoms with E-state index in [0.29, 0.717) is 0 Å². The molecule has 0 saturated heterocycles. The van der Waals surface area contributed by atoms with E-state index in [-0.39, 0.29) is 0 Å². The lowest BCUT2D eigenvalue weighted by molar-refractivity contribution is 0.286. The van der Waals surface area contributed by atoms with Gasteiger partial charge in [-0.05, 0) is 22.7 Å². The van der Waals surface area contributed by atoms with Gasteiger partial charge in [-0.1, -0.05) is 30.3 Å². The smallest absolute Gasteiger partial charge is 0.393 e. The van der Waals surface area contributed by atoms with Gasteiger partial charge in [0.05, 0.1) is 0 Å². The minimum Gasteiger partial charge on any atom is -0.393 e. The highest BCUT2D eigenvalue weighted by atomic mass is 28.3. The Balaban J connectivity index is 2.22. The lowest BCUT2D eigenvalue weighted by Gasteiger charge is -2.09. The zero-order valence-corrected chi connectivity index (χ0v) is 9.41. The summed E-state index contributed by atoms with van der Waals surface area (Å²) in [6.45, 7) is 0.